The number of carbonyl (C=O) groups is 1. The van der Waals surface area contributed by atoms with Crippen LogP contribution in [-0.2, 0) is 9.63 Å². The fraction of sp³-hybridized carbons (Fsp3) is 0.522. The van der Waals surface area contributed by atoms with Gasteiger partial charge in [0.1, 0.15) is 5.75 Å². The van der Waals surface area contributed by atoms with E-state index in [9.17, 15) is 4.79 Å². The van der Waals surface area contributed by atoms with E-state index >= 15 is 0 Å². The predicted molar refractivity (Wildman–Crippen MR) is 121 cm³/mol. The molecule has 5 rings (SSSR count). The summed E-state index contributed by atoms with van der Waals surface area (Å²) in [5.74, 6) is 1.83. The third kappa shape index (κ3) is 3.64. The molecule has 1 amide bonds. The number of fused-ring (bicyclic) bond motifs is 3. The van der Waals surface area contributed by atoms with E-state index in [4.69, 9.17) is 9.57 Å². The molecule has 8 nitrogen and oxygen atoms in total. The van der Waals surface area contributed by atoms with E-state index in [-0.39, 0.29) is 18.1 Å². The zero-order valence-electron chi connectivity index (χ0n) is 18.3. The third-order valence-electron chi connectivity index (χ3n) is 6.54. The van der Waals surface area contributed by atoms with Gasteiger partial charge in [0, 0.05) is 26.6 Å². The lowest BCUT2D eigenvalue weighted by Crippen LogP contribution is -2.53. The van der Waals surface area contributed by atoms with Gasteiger partial charge in [-0.2, -0.15) is 0 Å². The number of aliphatic imine (C=N–C) groups is 1. The second-order valence-corrected chi connectivity index (χ2v) is 8.71. The number of piperidine rings is 1. The van der Waals surface area contributed by atoms with E-state index in [2.05, 4.69) is 51.1 Å². The van der Waals surface area contributed by atoms with E-state index in [1.165, 1.54) is 0 Å². The highest BCUT2D eigenvalue weighted by atomic mass is 16.6. The summed E-state index contributed by atoms with van der Waals surface area (Å²) in [6, 6.07) is 6.74. The van der Waals surface area contributed by atoms with Crippen LogP contribution in [0.2, 0.25) is 0 Å². The smallest absolute Gasteiger partial charge is 0.219 e. The average Bonchev–Trinajstić information content (AvgIpc) is 3.40. The molecular weight excluding hydrogens is 394 g/mol. The monoisotopic (exact) mass is 423 g/mol. The summed E-state index contributed by atoms with van der Waals surface area (Å²) in [5, 5.41) is 4.48. The number of amidine groups is 1. The minimum absolute atomic E-state index is 0.0455. The Labute approximate surface area is 182 Å². The van der Waals surface area contributed by atoms with Gasteiger partial charge < -0.3 is 24.3 Å². The first-order valence-electron chi connectivity index (χ1n) is 11.0. The maximum absolute atomic E-state index is 11.8. The highest BCUT2D eigenvalue weighted by Crippen LogP contribution is 2.34. The molecule has 2 saturated heterocycles. The summed E-state index contributed by atoms with van der Waals surface area (Å²) in [6.07, 6.45) is 6.03. The van der Waals surface area contributed by atoms with Crippen molar-refractivity contribution in [1.82, 2.24) is 9.80 Å². The van der Waals surface area contributed by atoms with Gasteiger partial charge in [-0.25, -0.2) is 0 Å². The van der Waals surface area contributed by atoms with Gasteiger partial charge in [0.15, 0.2) is 11.9 Å². The summed E-state index contributed by atoms with van der Waals surface area (Å²) in [4.78, 5) is 28.4. The molecule has 0 radical (unpaired) electrons. The van der Waals surface area contributed by atoms with Gasteiger partial charge in [-0.05, 0) is 49.1 Å². The Hall–Kier alpha value is -3.03. The Bertz CT molecular complexity index is 972. The van der Waals surface area contributed by atoms with E-state index in [1.54, 1.807) is 14.0 Å². The van der Waals surface area contributed by atoms with Crippen molar-refractivity contribution in [3.05, 3.63) is 29.3 Å². The van der Waals surface area contributed by atoms with Crippen LogP contribution in [0, 0.1) is 0 Å². The van der Waals surface area contributed by atoms with Crippen LogP contribution in [-0.4, -0.2) is 79.4 Å². The van der Waals surface area contributed by atoms with Crippen LogP contribution in [0.3, 0.4) is 0 Å². The first-order chi connectivity index (χ1) is 15.0. The Balaban J connectivity index is 1.40. The lowest BCUT2D eigenvalue weighted by Gasteiger charge is -2.40. The van der Waals surface area contributed by atoms with Gasteiger partial charge in [-0.3, -0.25) is 9.79 Å². The van der Waals surface area contributed by atoms with Gasteiger partial charge in [0.2, 0.25) is 5.91 Å². The normalized spacial score (nSPS) is 28.4. The summed E-state index contributed by atoms with van der Waals surface area (Å²) in [7, 11) is 1.70. The van der Waals surface area contributed by atoms with Gasteiger partial charge in [-0.15, -0.1) is 0 Å². The third-order valence-corrected chi connectivity index (χ3v) is 6.54. The molecule has 3 unspecified atom stereocenters. The van der Waals surface area contributed by atoms with Crippen molar-refractivity contribution in [1.29, 1.82) is 0 Å². The first kappa shape index (κ1) is 19.9. The van der Waals surface area contributed by atoms with Crippen molar-refractivity contribution in [2.75, 3.05) is 38.2 Å². The zero-order valence-corrected chi connectivity index (χ0v) is 18.3. The maximum atomic E-state index is 11.8. The molecule has 8 heteroatoms. The van der Waals surface area contributed by atoms with Crippen molar-refractivity contribution in [3.63, 3.8) is 0 Å². The molecule has 3 atom stereocenters. The van der Waals surface area contributed by atoms with Crippen LogP contribution in [0.4, 0.5) is 5.69 Å². The number of ether oxygens (including phenoxy) is 1. The average molecular weight is 424 g/mol. The Morgan fingerprint density at radius 1 is 1.29 bits per heavy atom. The summed E-state index contributed by atoms with van der Waals surface area (Å²) >= 11 is 0. The molecular formula is C23H29N5O3. The van der Waals surface area contributed by atoms with E-state index in [1.807, 2.05) is 11.2 Å². The van der Waals surface area contributed by atoms with Crippen LogP contribution in [0.1, 0.15) is 32.3 Å². The Morgan fingerprint density at radius 2 is 2.16 bits per heavy atom. The molecule has 0 aliphatic carbocycles. The van der Waals surface area contributed by atoms with Crippen LogP contribution < -0.4 is 9.64 Å². The summed E-state index contributed by atoms with van der Waals surface area (Å²) in [5.41, 5.74) is 3.26. The molecule has 0 bridgehead atoms. The molecule has 1 aromatic rings. The number of likely N-dealkylation sites (tertiary alicyclic amines) is 1. The number of oxime groups is 1. The number of amides is 1. The number of rotatable bonds is 3. The van der Waals surface area contributed by atoms with E-state index in [0.29, 0.717) is 19.1 Å². The SMILES string of the molecule is COc1cc(/C=C2\CCCN3C2=NOC2CN(C(C)=O)CC23)ccc1N1C=NC(C)C1. The molecule has 0 spiro atoms. The largest absolute Gasteiger partial charge is 0.495 e. The highest BCUT2D eigenvalue weighted by Gasteiger charge is 2.45. The molecule has 31 heavy (non-hydrogen) atoms. The molecule has 0 N–H and O–H groups in total. The number of anilines is 1. The number of benzene rings is 1. The van der Waals surface area contributed by atoms with Gasteiger partial charge in [0.05, 0.1) is 37.8 Å². The number of methoxy groups -OCH3 is 1. The molecule has 4 aliphatic heterocycles. The van der Waals surface area contributed by atoms with Crippen LogP contribution >= 0.6 is 0 Å². The molecule has 0 saturated carbocycles. The number of hydrogen-bond acceptors (Lipinski definition) is 7. The molecule has 164 valence electrons. The molecule has 4 heterocycles. The topological polar surface area (TPSA) is 70.0 Å². The highest BCUT2D eigenvalue weighted by molar-refractivity contribution is 6.03. The van der Waals surface area contributed by atoms with Gasteiger partial charge >= 0.3 is 0 Å². The Morgan fingerprint density at radius 3 is 2.90 bits per heavy atom. The zero-order chi connectivity index (χ0) is 21.5. The first-order valence-corrected chi connectivity index (χ1v) is 11.0. The molecule has 4 aliphatic rings. The van der Waals surface area contributed by atoms with Gasteiger partial charge in [0.25, 0.3) is 0 Å². The summed E-state index contributed by atoms with van der Waals surface area (Å²) < 4.78 is 5.69. The van der Waals surface area contributed by atoms with E-state index in [0.717, 1.165) is 54.3 Å². The van der Waals surface area contributed by atoms with Crippen LogP contribution in [0.25, 0.3) is 6.08 Å². The lowest BCUT2D eigenvalue weighted by atomic mass is 9.97. The second-order valence-electron chi connectivity index (χ2n) is 8.71. The van der Waals surface area contributed by atoms with Crippen molar-refractivity contribution >= 4 is 29.8 Å². The number of nitrogens with zero attached hydrogens (tertiary/aromatic N) is 5. The maximum Gasteiger partial charge on any atom is 0.219 e. The number of hydrogen-bond donors (Lipinski definition) is 0. The van der Waals surface area contributed by atoms with Crippen molar-refractivity contribution in [3.8, 4) is 5.75 Å². The van der Waals surface area contributed by atoms with Crippen LogP contribution in [0.15, 0.2) is 33.9 Å². The Kier molecular flexibility index (Phi) is 5.08. The van der Waals surface area contributed by atoms with Crippen molar-refractivity contribution in [2.24, 2.45) is 10.1 Å². The van der Waals surface area contributed by atoms with E-state index < -0.39 is 0 Å². The minimum Gasteiger partial charge on any atom is -0.495 e. The summed E-state index contributed by atoms with van der Waals surface area (Å²) in [6.45, 7) is 6.84. The van der Waals surface area contributed by atoms with Crippen molar-refractivity contribution < 1.29 is 14.4 Å². The predicted octanol–water partition coefficient (Wildman–Crippen LogP) is 2.35. The second kappa shape index (κ2) is 7.90. The number of carbonyl (C=O) groups excluding carboxylic acids is 1. The molecule has 1 aromatic carbocycles. The standard InChI is InChI=1S/C23H29N5O3/c1-15-11-27(14-24-15)19-7-6-17(10-21(19)30-3)9-18-5-4-8-28-20-12-26(16(2)29)13-22(20)31-25-23(18)28/h6-7,9-10,14-15,20,22H,4-5,8,11-13H2,1-3H3/b18-9+. The van der Waals surface area contributed by atoms with Crippen molar-refractivity contribution in [2.45, 2.75) is 44.9 Å². The molecule has 2 fully saturated rings. The van der Waals surface area contributed by atoms with Gasteiger partial charge in [-0.1, -0.05) is 11.2 Å². The van der Waals surface area contributed by atoms with Crippen LogP contribution in [0.5, 0.6) is 5.75 Å². The lowest BCUT2D eigenvalue weighted by molar-refractivity contribution is -0.128. The minimum atomic E-state index is -0.0455. The molecule has 0 aromatic heterocycles. The fourth-order valence-electron chi connectivity index (χ4n) is 4.90. The fourth-order valence-corrected chi connectivity index (χ4v) is 4.90. The quantitative estimate of drug-likeness (QED) is 0.747.